The Balaban J connectivity index is 1.61. The minimum absolute atomic E-state index is 0.0151. The van der Waals surface area contributed by atoms with Gasteiger partial charge in [-0.15, -0.1) is 11.8 Å². The highest BCUT2D eigenvalue weighted by Gasteiger charge is 2.26. The molecule has 0 spiro atoms. The van der Waals surface area contributed by atoms with Crippen molar-refractivity contribution >= 4 is 29.3 Å². The molecule has 6 nitrogen and oxygen atoms in total. The molecule has 0 aliphatic carbocycles. The summed E-state index contributed by atoms with van der Waals surface area (Å²) in [5.74, 6) is 1.15. The molecule has 0 aromatic heterocycles. The molecule has 3 rings (SSSR count). The Morgan fingerprint density at radius 1 is 1.21 bits per heavy atom. The summed E-state index contributed by atoms with van der Waals surface area (Å²) < 4.78 is 0. The molecule has 0 N–H and O–H groups in total. The second-order valence-corrected chi connectivity index (χ2v) is 6.87. The van der Waals surface area contributed by atoms with Gasteiger partial charge in [0.1, 0.15) is 12.6 Å². The van der Waals surface area contributed by atoms with Crippen LogP contribution in [0.5, 0.6) is 0 Å². The molecular weight excluding hydrogens is 324 g/mol. The normalized spacial score (nSPS) is 18.5. The Morgan fingerprint density at radius 2 is 2.04 bits per heavy atom. The van der Waals surface area contributed by atoms with E-state index in [4.69, 9.17) is 0 Å². The fraction of sp³-hybridized carbons (Fsp3) is 0.471. The Hall–Kier alpha value is -2.20. The monoisotopic (exact) mass is 344 g/mol. The molecule has 24 heavy (non-hydrogen) atoms. The Morgan fingerprint density at radius 3 is 2.79 bits per heavy atom. The fourth-order valence-electron chi connectivity index (χ4n) is 3.06. The van der Waals surface area contributed by atoms with E-state index >= 15 is 0 Å². The van der Waals surface area contributed by atoms with E-state index in [1.807, 2.05) is 29.2 Å². The molecule has 2 aliphatic rings. The van der Waals surface area contributed by atoms with Gasteiger partial charge >= 0.3 is 0 Å². The third-order valence-electron chi connectivity index (χ3n) is 4.37. The Bertz CT molecular complexity index is 673. The Kier molecular flexibility index (Phi) is 5.26. The van der Waals surface area contributed by atoms with E-state index in [-0.39, 0.29) is 18.4 Å². The molecule has 2 fully saturated rings. The van der Waals surface area contributed by atoms with E-state index in [2.05, 4.69) is 11.0 Å². The number of nitriles is 1. The van der Waals surface area contributed by atoms with Gasteiger partial charge in [-0.1, -0.05) is 12.1 Å². The summed E-state index contributed by atoms with van der Waals surface area (Å²) in [6, 6.07) is 9.80. The first-order valence-electron chi connectivity index (χ1n) is 8.06. The quantitative estimate of drug-likeness (QED) is 0.822. The number of hydrogen-bond acceptors (Lipinski definition) is 5. The number of thioether (sulfide) groups is 1. The molecule has 7 heteroatoms. The van der Waals surface area contributed by atoms with Crippen LogP contribution in [-0.2, 0) is 9.59 Å². The van der Waals surface area contributed by atoms with Crippen LogP contribution in [-0.4, -0.2) is 66.0 Å². The molecule has 0 saturated carbocycles. The van der Waals surface area contributed by atoms with Gasteiger partial charge in [-0.05, 0) is 18.6 Å². The first-order chi connectivity index (χ1) is 11.7. The van der Waals surface area contributed by atoms with Crippen LogP contribution in [0.3, 0.4) is 0 Å². The topological polar surface area (TPSA) is 67.7 Å². The highest BCUT2D eigenvalue weighted by molar-refractivity contribution is 8.00. The first kappa shape index (κ1) is 16.7. The van der Waals surface area contributed by atoms with Crippen molar-refractivity contribution in [2.75, 3.05) is 49.3 Å². The lowest BCUT2D eigenvalue weighted by Gasteiger charge is -2.25. The minimum atomic E-state index is 0.0151. The summed E-state index contributed by atoms with van der Waals surface area (Å²) in [6.45, 7) is 3.02. The van der Waals surface area contributed by atoms with E-state index in [1.165, 1.54) is 0 Å². The third-order valence-corrected chi connectivity index (χ3v) is 5.31. The predicted molar refractivity (Wildman–Crippen MR) is 93.6 cm³/mol. The lowest BCUT2D eigenvalue weighted by Crippen LogP contribution is -2.42. The number of benzene rings is 1. The second-order valence-electron chi connectivity index (χ2n) is 5.92. The standard InChI is InChI=1S/C17H20N4O2S/c18-10-14-4-1-2-5-15(14)19-6-3-7-20(9-8-19)16(22)11-21-13-24-12-17(21)23/h1-2,4-5H,3,6-9,11-13H2. The van der Waals surface area contributed by atoms with Crippen molar-refractivity contribution in [2.45, 2.75) is 6.42 Å². The molecule has 1 aromatic carbocycles. The number of amides is 2. The second kappa shape index (κ2) is 7.58. The number of hydrogen-bond donors (Lipinski definition) is 0. The average Bonchev–Trinajstić information content (AvgIpc) is 2.87. The van der Waals surface area contributed by atoms with E-state index in [0.717, 1.165) is 18.7 Å². The van der Waals surface area contributed by atoms with Crippen molar-refractivity contribution in [1.82, 2.24) is 9.80 Å². The van der Waals surface area contributed by atoms with Crippen molar-refractivity contribution in [3.63, 3.8) is 0 Å². The van der Waals surface area contributed by atoms with Gasteiger partial charge in [0, 0.05) is 26.2 Å². The van der Waals surface area contributed by atoms with Crippen LogP contribution >= 0.6 is 11.8 Å². The lowest BCUT2D eigenvalue weighted by molar-refractivity contribution is -0.137. The van der Waals surface area contributed by atoms with Crippen molar-refractivity contribution in [1.29, 1.82) is 5.26 Å². The molecule has 0 radical (unpaired) electrons. The molecule has 0 bridgehead atoms. The SMILES string of the molecule is N#Cc1ccccc1N1CCCN(C(=O)CN2CSCC2=O)CC1. The molecular formula is C17H20N4O2S. The van der Waals surface area contributed by atoms with Crippen molar-refractivity contribution in [3.8, 4) is 6.07 Å². The first-order valence-corrected chi connectivity index (χ1v) is 9.22. The van der Waals surface area contributed by atoms with E-state index in [9.17, 15) is 14.9 Å². The summed E-state index contributed by atoms with van der Waals surface area (Å²) in [5.41, 5.74) is 1.59. The zero-order chi connectivity index (χ0) is 16.9. The number of rotatable bonds is 3. The van der Waals surface area contributed by atoms with Crippen molar-refractivity contribution in [2.24, 2.45) is 0 Å². The minimum Gasteiger partial charge on any atom is -0.369 e. The third kappa shape index (κ3) is 3.65. The van der Waals surface area contributed by atoms with Gasteiger partial charge < -0.3 is 14.7 Å². The molecule has 0 unspecified atom stereocenters. The summed E-state index contributed by atoms with van der Waals surface area (Å²) in [4.78, 5) is 29.8. The number of para-hydroxylation sites is 1. The molecule has 2 heterocycles. The van der Waals surface area contributed by atoms with Crippen LogP contribution in [0.4, 0.5) is 5.69 Å². The smallest absolute Gasteiger partial charge is 0.242 e. The van der Waals surface area contributed by atoms with Gasteiger partial charge in [0.25, 0.3) is 0 Å². The van der Waals surface area contributed by atoms with Crippen molar-refractivity contribution < 1.29 is 9.59 Å². The lowest BCUT2D eigenvalue weighted by atomic mass is 10.1. The highest BCUT2D eigenvalue weighted by atomic mass is 32.2. The maximum atomic E-state index is 12.5. The summed E-state index contributed by atoms with van der Waals surface area (Å²) >= 11 is 1.55. The molecule has 2 amide bonds. The number of anilines is 1. The zero-order valence-corrected chi connectivity index (χ0v) is 14.3. The predicted octanol–water partition coefficient (Wildman–Crippen LogP) is 1.13. The molecule has 126 valence electrons. The molecule has 1 aromatic rings. The van der Waals surface area contributed by atoms with Crippen LogP contribution in [0, 0.1) is 11.3 Å². The van der Waals surface area contributed by atoms with E-state index < -0.39 is 0 Å². The number of carbonyl (C=O) groups is 2. The van der Waals surface area contributed by atoms with E-state index in [1.54, 1.807) is 16.7 Å². The summed E-state index contributed by atoms with van der Waals surface area (Å²) in [6.07, 6.45) is 0.855. The van der Waals surface area contributed by atoms with Crippen LogP contribution in [0.25, 0.3) is 0 Å². The number of carbonyl (C=O) groups excluding carboxylic acids is 2. The molecule has 0 atom stereocenters. The van der Waals surface area contributed by atoms with Crippen LogP contribution < -0.4 is 4.90 Å². The van der Waals surface area contributed by atoms with Gasteiger partial charge in [-0.2, -0.15) is 5.26 Å². The fourth-order valence-corrected chi connectivity index (χ4v) is 3.96. The van der Waals surface area contributed by atoms with Gasteiger partial charge in [0.15, 0.2) is 0 Å². The number of nitrogens with zero attached hydrogens (tertiary/aromatic N) is 4. The average molecular weight is 344 g/mol. The highest BCUT2D eigenvalue weighted by Crippen LogP contribution is 2.21. The maximum absolute atomic E-state index is 12.5. The summed E-state index contributed by atoms with van der Waals surface area (Å²) in [5, 5.41) is 9.26. The molecule has 2 saturated heterocycles. The zero-order valence-electron chi connectivity index (χ0n) is 13.5. The Labute approximate surface area is 146 Å². The van der Waals surface area contributed by atoms with Gasteiger partial charge in [-0.3, -0.25) is 9.59 Å². The van der Waals surface area contributed by atoms with Crippen LogP contribution in [0.15, 0.2) is 24.3 Å². The van der Waals surface area contributed by atoms with Gasteiger partial charge in [0.05, 0.1) is 22.9 Å². The van der Waals surface area contributed by atoms with Crippen molar-refractivity contribution in [3.05, 3.63) is 29.8 Å². The maximum Gasteiger partial charge on any atom is 0.242 e. The van der Waals surface area contributed by atoms with Crippen LogP contribution in [0.2, 0.25) is 0 Å². The van der Waals surface area contributed by atoms with Gasteiger partial charge in [-0.25, -0.2) is 0 Å². The van der Waals surface area contributed by atoms with Crippen LogP contribution in [0.1, 0.15) is 12.0 Å². The molecule has 2 aliphatic heterocycles. The largest absolute Gasteiger partial charge is 0.369 e. The summed E-state index contributed by atoms with van der Waals surface area (Å²) in [7, 11) is 0. The van der Waals surface area contributed by atoms with E-state index in [0.29, 0.717) is 36.8 Å². The van der Waals surface area contributed by atoms with Gasteiger partial charge in [0.2, 0.25) is 11.8 Å².